The molecule has 2 aliphatic carbocycles. The first-order valence-corrected chi connectivity index (χ1v) is 18.4. The number of ether oxygens (including phenoxy) is 1. The Balaban J connectivity index is 1.11. The van der Waals surface area contributed by atoms with Crippen LogP contribution in [0.3, 0.4) is 0 Å². The number of fused-ring (bicyclic) bond motifs is 1. The molecule has 4 aromatic carbocycles. The molecule has 0 aromatic heterocycles. The summed E-state index contributed by atoms with van der Waals surface area (Å²) in [6.45, 7) is 0.809. The van der Waals surface area contributed by atoms with E-state index in [0.717, 1.165) is 64.8 Å². The zero-order valence-corrected chi connectivity index (χ0v) is 29.3. The highest BCUT2D eigenvalue weighted by Gasteiger charge is 2.37. The highest BCUT2D eigenvalue weighted by atomic mass is 16.5. The van der Waals surface area contributed by atoms with Gasteiger partial charge in [-0.15, -0.1) is 0 Å². The van der Waals surface area contributed by atoms with E-state index >= 15 is 0 Å². The van der Waals surface area contributed by atoms with E-state index in [4.69, 9.17) is 4.74 Å². The molecule has 4 aromatic rings. The summed E-state index contributed by atoms with van der Waals surface area (Å²) in [6.07, 6.45) is 7.06. The molecule has 0 heterocycles. The minimum absolute atomic E-state index is 0.0170. The van der Waals surface area contributed by atoms with Crippen molar-refractivity contribution in [2.24, 2.45) is 0 Å². The van der Waals surface area contributed by atoms with Crippen LogP contribution in [-0.2, 0) is 35.6 Å². The van der Waals surface area contributed by atoms with Gasteiger partial charge in [0.2, 0.25) is 11.8 Å². The summed E-state index contributed by atoms with van der Waals surface area (Å²) in [6, 6.07) is 35.5. The predicted octanol–water partition coefficient (Wildman–Crippen LogP) is 7.40. The van der Waals surface area contributed by atoms with Crippen LogP contribution in [0.1, 0.15) is 85.2 Å². The van der Waals surface area contributed by atoms with Crippen LogP contribution in [0.5, 0.6) is 5.75 Å². The molecule has 7 nitrogen and oxygen atoms in total. The molecule has 7 heteroatoms. The molecular formula is C44H50N2O5. The van der Waals surface area contributed by atoms with Crippen molar-refractivity contribution in [2.45, 2.75) is 102 Å². The fourth-order valence-corrected chi connectivity index (χ4v) is 7.41. The van der Waals surface area contributed by atoms with Crippen molar-refractivity contribution in [3.05, 3.63) is 149 Å². The maximum Gasteiger partial charge on any atom is 0.224 e. The number of nitrogens with one attached hydrogen (secondary N) is 1. The Hall–Kier alpha value is -4.72. The van der Waals surface area contributed by atoms with Gasteiger partial charge in [-0.1, -0.05) is 116 Å². The molecule has 2 aliphatic rings. The van der Waals surface area contributed by atoms with Crippen LogP contribution >= 0.6 is 0 Å². The first kappa shape index (κ1) is 36.1. The second-order valence-electron chi connectivity index (χ2n) is 14.0. The second-order valence-corrected chi connectivity index (χ2v) is 14.0. The number of hydrogen-bond acceptors (Lipinski definition) is 5. The lowest BCUT2D eigenvalue weighted by atomic mass is 9.95. The van der Waals surface area contributed by atoms with Crippen LogP contribution in [0.15, 0.2) is 121 Å². The van der Waals surface area contributed by atoms with Gasteiger partial charge in [0, 0.05) is 31.8 Å². The van der Waals surface area contributed by atoms with Gasteiger partial charge in [0.1, 0.15) is 12.4 Å². The summed E-state index contributed by atoms with van der Waals surface area (Å²) in [4.78, 5) is 28.6. The molecule has 0 saturated heterocycles. The third-order valence-corrected chi connectivity index (χ3v) is 10.2. The van der Waals surface area contributed by atoms with Crippen molar-refractivity contribution in [3.8, 4) is 5.75 Å². The highest BCUT2D eigenvalue weighted by Crippen LogP contribution is 2.37. The number of carbonyl (C=O) groups is 2. The zero-order chi connectivity index (χ0) is 35.4. The van der Waals surface area contributed by atoms with E-state index < -0.39 is 18.2 Å². The minimum atomic E-state index is -0.785. The van der Waals surface area contributed by atoms with Crippen LogP contribution < -0.4 is 10.1 Å². The third kappa shape index (κ3) is 10.2. The number of aliphatic hydroxyl groups is 2. The van der Waals surface area contributed by atoms with Crippen molar-refractivity contribution in [1.29, 1.82) is 0 Å². The Kier molecular flexibility index (Phi) is 12.7. The van der Waals surface area contributed by atoms with Gasteiger partial charge >= 0.3 is 0 Å². The van der Waals surface area contributed by atoms with Gasteiger partial charge in [-0.05, 0) is 77.6 Å². The van der Waals surface area contributed by atoms with Crippen molar-refractivity contribution in [2.75, 3.05) is 0 Å². The second kappa shape index (κ2) is 18.0. The Bertz CT molecular complexity index is 1730. The Morgan fingerprint density at radius 1 is 0.843 bits per heavy atom. The molecule has 0 aliphatic heterocycles. The number of benzene rings is 4. The molecule has 0 unspecified atom stereocenters. The summed E-state index contributed by atoms with van der Waals surface area (Å²) in [5, 5.41) is 25.8. The van der Waals surface area contributed by atoms with Crippen molar-refractivity contribution < 1.29 is 24.5 Å². The van der Waals surface area contributed by atoms with Crippen molar-refractivity contribution >= 4 is 11.8 Å². The Labute approximate surface area is 302 Å². The zero-order valence-electron chi connectivity index (χ0n) is 29.3. The fraction of sp³-hybridized carbons (Fsp3) is 0.364. The molecule has 2 amide bonds. The van der Waals surface area contributed by atoms with Gasteiger partial charge in [0.15, 0.2) is 0 Å². The molecule has 266 valence electrons. The SMILES string of the molecule is O=C(CC=C(Cc1ccccc1)[C@@H](O)CCCC(=O)N(Cc1ccc(OCc2ccccc2)cc1)[C@H]1c2ccccc2C[C@H]1O)NC1CCCC1. The number of hydrogen-bond donors (Lipinski definition) is 3. The topological polar surface area (TPSA) is 99.1 Å². The molecule has 1 fully saturated rings. The monoisotopic (exact) mass is 686 g/mol. The summed E-state index contributed by atoms with van der Waals surface area (Å²) < 4.78 is 5.98. The molecule has 3 N–H and O–H groups in total. The van der Waals surface area contributed by atoms with E-state index in [1.807, 2.05) is 115 Å². The third-order valence-electron chi connectivity index (χ3n) is 10.2. The quantitative estimate of drug-likeness (QED) is 0.107. The molecule has 0 radical (unpaired) electrons. The maximum absolute atomic E-state index is 14.1. The van der Waals surface area contributed by atoms with E-state index in [1.54, 1.807) is 4.90 Å². The minimum Gasteiger partial charge on any atom is -0.489 e. The molecule has 51 heavy (non-hydrogen) atoms. The van der Waals surface area contributed by atoms with Gasteiger partial charge in [0.05, 0.1) is 18.2 Å². The van der Waals surface area contributed by atoms with Gasteiger partial charge in [0.25, 0.3) is 0 Å². The van der Waals surface area contributed by atoms with Crippen LogP contribution in [0.25, 0.3) is 0 Å². The average Bonchev–Trinajstić information content (AvgIpc) is 3.79. The van der Waals surface area contributed by atoms with Crippen molar-refractivity contribution in [1.82, 2.24) is 10.2 Å². The standard InChI is InChI=1S/C44H50N2O5/c47-40(36(28-32-12-3-1-4-13-32)24-27-42(49)45-37-17-8-9-18-37)20-11-21-43(50)46(44-39-19-10-7-16-35(39)29-41(44)48)30-33-22-25-38(26-23-33)51-31-34-14-5-2-6-15-34/h1-7,10,12-16,19,22-26,37,40-41,44,47-48H,8-9,11,17-18,20-21,27-31H2,(H,45,49)/t40-,41+,44-/m0/s1. The average molecular weight is 687 g/mol. The predicted molar refractivity (Wildman–Crippen MR) is 200 cm³/mol. The molecule has 0 bridgehead atoms. The van der Waals surface area contributed by atoms with Crippen LogP contribution in [0, 0.1) is 0 Å². The maximum atomic E-state index is 14.1. The summed E-state index contributed by atoms with van der Waals surface area (Å²) in [5.41, 5.74) is 5.92. The number of aliphatic hydroxyl groups excluding tert-OH is 2. The van der Waals surface area contributed by atoms with Gasteiger partial charge in [-0.2, -0.15) is 0 Å². The van der Waals surface area contributed by atoms with Crippen LogP contribution in [0.4, 0.5) is 0 Å². The van der Waals surface area contributed by atoms with Crippen LogP contribution in [-0.4, -0.2) is 45.2 Å². The summed E-state index contributed by atoms with van der Waals surface area (Å²) in [7, 11) is 0. The largest absolute Gasteiger partial charge is 0.489 e. The highest BCUT2D eigenvalue weighted by molar-refractivity contribution is 5.78. The molecule has 0 spiro atoms. The molecular weight excluding hydrogens is 636 g/mol. The Morgan fingerprint density at radius 2 is 1.51 bits per heavy atom. The van der Waals surface area contributed by atoms with Crippen LogP contribution in [0.2, 0.25) is 0 Å². The molecule has 3 atom stereocenters. The van der Waals surface area contributed by atoms with Gasteiger partial charge < -0.3 is 25.2 Å². The Morgan fingerprint density at radius 3 is 2.24 bits per heavy atom. The molecule has 1 saturated carbocycles. The number of nitrogens with zero attached hydrogens (tertiary/aromatic N) is 1. The number of carbonyl (C=O) groups excluding carboxylic acids is 2. The summed E-state index contributed by atoms with van der Waals surface area (Å²) in [5.74, 6) is 0.657. The fourth-order valence-electron chi connectivity index (χ4n) is 7.41. The summed E-state index contributed by atoms with van der Waals surface area (Å²) >= 11 is 0. The van der Waals surface area contributed by atoms with E-state index in [-0.39, 0.29) is 30.7 Å². The van der Waals surface area contributed by atoms with Gasteiger partial charge in [-0.25, -0.2) is 0 Å². The van der Waals surface area contributed by atoms with Crippen molar-refractivity contribution in [3.63, 3.8) is 0 Å². The van der Waals surface area contributed by atoms with E-state index in [2.05, 4.69) is 5.32 Å². The lowest BCUT2D eigenvalue weighted by molar-refractivity contribution is -0.137. The number of rotatable bonds is 16. The van der Waals surface area contributed by atoms with Gasteiger partial charge in [-0.3, -0.25) is 9.59 Å². The van der Waals surface area contributed by atoms with E-state index in [1.165, 1.54) is 0 Å². The normalized spacial score (nSPS) is 17.9. The van der Waals surface area contributed by atoms with E-state index in [9.17, 15) is 19.8 Å². The first-order chi connectivity index (χ1) is 24.9. The lowest BCUT2D eigenvalue weighted by Gasteiger charge is -2.32. The number of amides is 2. The first-order valence-electron chi connectivity index (χ1n) is 18.4. The lowest BCUT2D eigenvalue weighted by Crippen LogP contribution is -2.38. The van der Waals surface area contributed by atoms with E-state index in [0.29, 0.717) is 38.8 Å². The smallest absolute Gasteiger partial charge is 0.224 e. The molecule has 6 rings (SSSR count).